The standard InChI is InChI=1S/C13H24N2/c1-4-9-15(11-12-7-8-12)13(5-2)10-14-6-3/h1,12-14H,5-11H2,2-3H3. The lowest BCUT2D eigenvalue weighted by molar-refractivity contribution is 0.202. The number of terminal acetylenes is 1. The molecule has 1 saturated carbocycles. The average Bonchev–Trinajstić information content (AvgIpc) is 3.03. The second-order valence-electron chi connectivity index (χ2n) is 4.45. The summed E-state index contributed by atoms with van der Waals surface area (Å²) in [6.45, 7) is 8.53. The van der Waals surface area contributed by atoms with E-state index in [9.17, 15) is 0 Å². The van der Waals surface area contributed by atoms with Gasteiger partial charge in [-0.3, -0.25) is 4.90 Å². The normalized spacial score (nSPS) is 17.7. The maximum Gasteiger partial charge on any atom is 0.0601 e. The molecule has 1 aliphatic carbocycles. The van der Waals surface area contributed by atoms with Crippen molar-refractivity contribution in [2.45, 2.75) is 39.2 Å². The first-order valence-corrected chi connectivity index (χ1v) is 6.20. The highest BCUT2D eigenvalue weighted by Gasteiger charge is 2.26. The number of nitrogens with zero attached hydrogens (tertiary/aromatic N) is 1. The van der Waals surface area contributed by atoms with Crippen LogP contribution in [0.25, 0.3) is 0 Å². The Hall–Kier alpha value is -0.520. The van der Waals surface area contributed by atoms with Crippen LogP contribution in [-0.2, 0) is 0 Å². The monoisotopic (exact) mass is 208 g/mol. The zero-order valence-corrected chi connectivity index (χ0v) is 10.1. The van der Waals surface area contributed by atoms with Gasteiger partial charge in [-0.25, -0.2) is 0 Å². The van der Waals surface area contributed by atoms with Crippen LogP contribution in [-0.4, -0.2) is 37.1 Å². The van der Waals surface area contributed by atoms with Gasteiger partial charge in [0.15, 0.2) is 0 Å². The third kappa shape index (κ3) is 4.68. The van der Waals surface area contributed by atoms with Gasteiger partial charge in [0.2, 0.25) is 0 Å². The van der Waals surface area contributed by atoms with Crippen LogP contribution in [0.5, 0.6) is 0 Å². The zero-order chi connectivity index (χ0) is 11.1. The SMILES string of the molecule is C#CCN(CC1CC1)C(CC)CNCC. The fourth-order valence-electron chi connectivity index (χ4n) is 1.93. The predicted octanol–water partition coefficient (Wildman–Crippen LogP) is 1.72. The largest absolute Gasteiger partial charge is 0.315 e. The Morgan fingerprint density at radius 2 is 2.20 bits per heavy atom. The summed E-state index contributed by atoms with van der Waals surface area (Å²) in [5.74, 6) is 3.72. The number of hydrogen-bond donors (Lipinski definition) is 1. The molecule has 0 aromatic rings. The van der Waals surface area contributed by atoms with Gasteiger partial charge >= 0.3 is 0 Å². The van der Waals surface area contributed by atoms with Gasteiger partial charge in [-0.2, -0.15) is 0 Å². The van der Waals surface area contributed by atoms with E-state index in [1.807, 2.05) is 0 Å². The molecule has 1 atom stereocenters. The van der Waals surface area contributed by atoms with Crippen molar-refractivity contribution in [2.24, 2.45) is 5.92 Å². The zero-order valence-electron chi connectivity index (χ0n) is 10.1. The molecule has 0 heterocycles. The second-order valence-corrected chi connectivity index (χ2v) is 4.45. The molecule has 86 valence electrons. The van der Waals surface area contributed by atoms with Gasteiger partial charge in [0.1, 0.15) is 0 Å². The summed E-state index contributed by atoms with van der Waals surface area (Å²) < 4.78 is 0. The van der Waals surface area contributed by atoms with E-state index in [0.29, 0.717) is 6.04 Å². The fraction of sp³-hybridized carbons (Fsp3) is 0.846. The molecule has 0 aliphatic heterocycles. The Kier molecular flexibility index (Phi) is 5.75. The van der Waals surface area contributed by atoms with Crippen molar-refractivity contribution in [3.05, 3.63) is 0 Å². The van der Waals surface area contributed by atoms with Crippen molar-refractivity contribution in [3.63, 3.8) is 0 Å². The summed E-state index contributed by atoms with van der Waals surface area (Å²) in [6, 6.07) is 0.613. The molecule has 1 rings (SSSR count). The first-order valence-electron chi connectivity index (χ1n) is 6.20. The van der Waals surface area contributed by atoms with Gasteiger partial charge < -0.3 is 5.32 Å². The molecule has 0 bridgehead atoms. The van der Waals surface area contributed by atoms with Crippen LogP contribution in [0.1, 0.15) is 33.1 Å². The van der Waals surface area contributed by atoms with E-state index in [1.54, 1.807) is 0 Å². The molecule has 0 amide bonds. The minimum Gasteiger partial charge on any atom is -0.315 e. The lowest BCUT2D eigenvalue weighted by Crippen LogP contribution is -2.43. The van der Waals surface area contributed by atoms with Crippen molar-refractivity contribution in [2.75, 3.05) is 26.2 Å². The number of hydrogen-bond acceptors (Lipinski definition) is 2. The Bertz CT molecular complexity index is 203. The van der Waals surface area contributed by atoms with Crippen LogP contribution in [0.15, 0.2) is 0 Å². The average molecular weight is 208 g/mol. The molecule has 1 aliphatic rings. The van der Waals surface area contributed by atoms with E-state index in [-0.39, 0.29) is 0 Å². The van der Waals surface area contributed by atoms with E-state index in [1.165, 1.54) is 25.8 Å². The third-order valence-electron chi connectivity index (χ3n) is 3.10. The summed E-state index contributed by atoms with van der Waals surface area (Å²) >= 11 is 0. The van der Waals surface area contributed by atoms with E-state index < -0.39 is 0 Å². The Morgan fingerprint density at radius 1 is 1.47 bits per heavy atom. The first kappa shape index (κ1) is 12.5. The highest BCUT2D eigenvalue weighted by atomic mass is 15.2. The molecule has 0 saturated heterocycles. The predicted molar refractivity (Wildman–Crippen MR) is 65.8 cm³/mol. The smallest absolute Gasteiger partial charge is 0.0601 e. The van der Waals surface area contributed by atoms with Gasteiger partial charge in [-0.1, -0.05) is 19.8 Å². The molecule has 0 spiro atoms. The van der Waals surface area contributed by atoms with Crippen LogP contribution in [0, 0.1) is 18.3 Å². The molecule has 0 aromatic heterocycles. The van der Waals surface area contributed by atoms with E-state index in [2.05, 4.69) is 30.0 Å². The minimum atomic E-state index is 0.613. The van der Waals surface area contributed by atoms with Gasteiger partial charge in [-0.15, -0.1) is 6.42 Å². The quantitative estimate of drug-likeness (QED) is 0.611. The van der Waals surface area contributed by atoms with Gasteiger partial charge in [0.05, 0.1) is 6.54 Å². The van der Waals surface area contributed by atoms with Crippen molar-refractivity contribution in [3.8, 4) is 12.3 Å². The molecule has 1 unspecified atom stereocenters. The lowest BCUT2D eigenvalue weighted by atomic mass is 10.1. The number of rotatable bonds is 8. The van der Waals surface area contributed by atoms with Crippen molar-refractivity contribution in [1.29, 1.82) is 0 Å². The Morgan fingerprint density at radius 3 is 2.67 bits per heavy atom. The highest BCUT2D eigenvalue weighted by Crippen LogP contribution is 2.30. The summed E-state index contributed by atoms with van der Waals surface area (Å²) in [7, 11) is 0. The van der Waals surface area contributed by atoms with Crippen LogP contribution in [0.4, 0.5) is 0 Å². The lowest BCUT2D eigenvalue weighted by Gasteiger charge is -2.29. The summed E-state index contributed by atoms with van der Waals surface area (Å²) in [5, 5.41) is 3.42. The molecular formula is C13H24N2. The van der Waals surface area contributed by atoms with Crippen molar-refractivity contribution < 1.29 is 0 Å². The topological polar surface area (TPSA) is 15.3 Å². The van der Waals surface area contributed by atoms with Crippen molar-refractivity contribution >= 4 is 0 Å². The van der Waals surface area contributed by atoms with E-state index in [0.717, 1.165) is 25.6 Å². The number of likely N-dealkylation sites (N-methyl/N-ethyl adjacent to an activating group) is 1. The van der Waals surface area contributed by atoms with Crippen molar-refractivity contribution in [1.82, 2.24) is 10.2 Å². The summed E-state index contributed by atoms with van der Waals surface area (Å²) in [6.07, 6.45) is 9.42. The maximum atomic E-state index is 5.43. The van der Waals surface area contributed by atoms with Crippen LogP contribution in [0.2, 0.25) is 0 Å². The first-order chi connectivity index (χ1) is 7.31. The highest BCUT2D eigenvalue weighted by molar-refractivity contribution is 4.92. The van der Waals surface area contributed by atoms with Gasteiger partial charge in [0, 0.05) is 19.1 Å². The molecule has 1 N–H and O–H groups in total. The molecule has 2 nitrogen and oxygen atoms in total. The molecule has 0 aromatic carbocycles. The van der Waals surface area contributed by atoms with Crippen LogP contribution < -0.4 is 5.32 Å². The van der Waals surface area contributed by atoms with Crippen LogP contribution >= 0.6 is 0 Å². The Balaban J connectivity index is 2.37. The van der Waals surface area contributed by atoms with Gasteiger partial charge in [-0.05, 0) is 31.7 Å². The maximum absolute atomic E-state index is 5.43. The van der Waals surface area contributed by atoms with E-state index >= 15 is 0 Å². The second kappa shape index (κ2) is 6.87. The Labute approximate surface area is 94.4 Å². The summed E-state index contributed by atoms with van der Waals surface area (Å²) in [4.78, 5) is 2.47. The minimum absolute atomic E-state index is 0.613. The molecule has 1 fully saturated rings. The third-order valence-corrected chi connectivity index (χ3v) is 3.10. The van der Waals surface area contributed by atoms with Gasteiger partial charge in [0.25, 0.3) is 0 Å². The van der Waals surface area contributed by atoms with Crippen LogP contribution in [0.3, 0.4) is 0 Å². The molecule has 15 heavy (non-hydrogen) atoms. The number of nitrogens with one attached hydrogen (secondary N) is 1. The fourth-order valence-corrected chi connectivity index (χ4v) is 1.93. The van der Waals surface area contributed by atoms with E-state index in [4.69, 9.17) is 6.42 Å². The molecule has 0 radical (unpaired) electrons. The summed E-state index contributed by atoms with van der Waals surface area (Å²) in [5.41, 5.74) is 0. The molecular weight excluding hydrogens is 184 g/mol. The molecule has 2 heteroatoms.